The number of nitrogens with one attached hydrogen (secondary N) is 1. The van der Waals surface area contributed by atoms with Crippen LogP contribution in [0.25, 0.3) is 0 Å². The van der Waals surface area contributed by atoms with Gasteiger partial charge in [0.15, 0.2) is 0 Å². The highest BCUT2D eigenvalue weighted by Crippen LogP contribution is 2.24. The van der Waals surface area contributed by atoms with Crippen LogP contribution in [0.4, 0.5) is 0 Å². The van der Waals surface area contributed by atoms with E-state index in [-0.39, 0.29) is 0 Å². The summed E-state index contributed by atoms with van der Waals surface area (Å²) in [6, 6.07) is 3.84. The van der Waals surface area contributed by atoms with Crippen LogP contribution in [0, 0.1) is 0 Å². The zero-order chi connectivity index (χ0) is 13.0. The van der Waals surface area contributed by atoms with Crippen molar-refractivity contribution >= 4 is 23.4 Å². The molecule has 0 spiro atoms. The largest absolute Gasteiger partial charge is 0.495 e. The molecule has 0 aliphatic rings. The van der Waals surface area contributed by atoms with Gasteiger partial charge >= 0.3 is 0 Å². The third kappa shape index (κ3) is 3.35. The highest BCUT2D eigenvalue weighted by molar-refractivity contribution is 6.32. The van der Waals surface area contributed by atoms with Gasteiger partial charge in [0.2, 0.25) is 5.91 Å². The lowest BCUT2D eigenvalue weighted by Crippen LogP contribution is -2.42. The molecule has 5 nitrogen and oxygen atoms in total. The molecular formula is C11H13ClN2O3. The van der Waals surface area contributed by atoms with Crippen LogP contribution in [0.15, 0.2) is 18.2 Å². The van der Waals surface area contributed by atoms with Gasteiger partial charge in [-0.25, -0.2) is 0 Å². The zero-order valence-corrected chi connectivity index (χ0v) is 10.2. The molecule has 0 saturated carbocycles. The second-order valence-corrected chi connectivity index (χ2v) is 3.85. The Morgan fingerprint density at radius 3 is 2.65 bits per heavy atom. The molecule has 0 radical (unpaired) electrons. The summed E-state index contributed by atoms with van der Waals surface area (Å²) in [6.07, 6.45) is 0. The predicted octanol–water partition coefficient (Wildman–Crippen LogP) is 0.952. The van der Waals surface area contributed by atoms with Crippen molar-refractivity contribution in [1.82, 2.24) is 5.32 Å². The van der Waals surface area contributed by atoms with E-state index in [1.807, 2.05) is 0 Å². The molecule has 1 rings (SSSR count). The monoisotopic (exact) mass is 256 g/mol. The van der Waals surface area contributed by atoms with E-state index in [1.54, 1.807) is 6.07 Å². The van der Waals surface area contributed by atoms with Crippen LogP contribution in [-0.2, 0) is 4.79 Å². The third-order valence-corrected chi connectivity index (χ3v) is 2.50. The van der Waals surface area contributed by atoms with Crippen molar-refractivity contribution in [2.75, 3.05) is 7.11 Å². The fourth-order valence-corrected chi connectivity index (χ4v) is 1.35. The first-order valence-corrected chi connectivity index (χ1v) is 5.27. The average Bonchev–Trinajstić information content (AvgIpc) is 2.29. The van der Waals surface area contributed by atoms with E-state index in [0.29, 0.717) is 16.3 Å². The molecular weight excluding hydrogens is 244 g/mol. The van der Waals surface area contributed by atoms with Crippen molar-refractivity contribution in [3.63, 3.8) is 0 Å². The molecule has 0 aliphatic heterocycles. The number of primary amides is 1. The first kappa shape index (κ1) is 13.3. The lowest BCUT2D eigenvalue weighted by atomic mass is 10.2. The number of hydrogen-bond acceptors (Lipinski definition) is 3. The molecule has 0 aliphatic carbocycles. The Kier molecular flexibility index (Phi) is 4.34. The number of carbonyl (C=O) groups is 2. The van der Waals surface area contributed by atoms with Gasteiger partial charge < -0.3 is 15.8 Å². The molecule has 17 heavy (non-hydrogen) atoms. The number of nitrogens with two attached hydrogens (primary N) is 1. The van der Waals surface area contributed by atoms with Gasteiger partial charge in [0.25, 0.3) is 5.91 Å². The summed E-state index contributed by atoms with van der Waals surface area (Å²) in [5.41, 5.74) is 5.39. The molecule has 0 bridgehead atoms. The maximum absolute atomic E-state index is 11.7. The molecule has 0 heterocycles. The van der Waals surface area contributed by atoms with Crippen LogP contribution in [0.2, 0.25) is 5.02 Å². The van der Waals surface area contributed by atoms with Gasteiger partial charge in [-0.2, -0.15) is 0 Å². The zero-order valence-electron chi connectivity index (χ0n) is 9.49. The molecule has 6 heteroatoms. The summed E-state index contributed by atoms with van der Waals surface area (Å²) in [7, 11) is 1.45. The SMILES string of the molecule is COc1cc(C(=O)N[C@@H](C)C(N)=O)ccc1Cl. The Morgan fingerprint density at radius 1 is 1.47 bits per heavy atom. The van der Waals surface area contributed by atoms with Crippen molar-refractivity contribution in [1.29, 1.82) is 0 Å². The minimum Gasteiger partial charge on any atom is -0.495 e. The maximum Gasteiger partial charge on any atom is 0.252 e. The van der Waals surface area contributed by atoms with Crippen molar-refractivity contribution in [2.45, 2.75) is 13.0 Å². The van der Waals surface area contributed by atoms with Crippen LogP contribution >= 0.6 is 11.6 Å². The fourth-order valence-electron chi connectivity index (χ4n) is 1.15. The summed E-state index contributed by atoms with van der Waals surface area (Å²) >= 11 is 5.83. The van der Waals surface area contributed by atoms with Gasteiger partial charge in [-0.3, -0.25) is 9.59 Å². The van der Waals surface area contributed by atoms with E-state index in [9.17, 15) is 9.59 Å². The molecule has 0 aromatic heterocycles. The summed E-state index contributed by atoms with van der Waals surface area (Å²) < 4.78 is 4.98. The van der Waals surface area contributed by atoms with Crippen molar-refractivity contribution in [3.8, 4) is 5.75 Å². The summed E-state index contributed by atoms with van der Waals surface area (Å²) in [6.45, 7) is 1.51. The lowest BCUT2D eigenvalue weighted by Gasteiger charge is -2.11. The topological polar surface area (TPSA) is 81.4 Å². The minimum absolute atomic E-state index is 0.347. The van der Waals surface area contributed by atoms with Gasteiger partial charge in [0.1, 0.15) is 11.8 Å². The van der Waals surface area contributed by atoms with Crippen molar-refractivity contribution < 1.29 is 14.3 Å². The molecule has 1 aromatic rings. The van der Waals surface area contributed by atoms with Gasteiger partial charge in [-0.05, 0) is 25.1 Å². The van der Waals surface area contributed by atoms with E-state index in [4.69, 9.17) is 22.1 Å². The van der Waals surface area contributed by atoms with Crippen molar-refractivity contribution in [2.24, 2.45) is 5.73 Å². The van der Waals surface area contributed by atoms with E-state index in [0.717, 1.165) is 0 Å². The van der Waals surface area contributed by atoms with Crippen molar-refractivity contribution in [3.05, 3.63) is 28.8 Å². The van der Waals surface area contributed by atoms with Crippen LogP contribution in [0.3, 0.4) is 0 Å². The van der Waals surface area contributed by atoms with E-state index >= 15 is 0 Å². The van der Waals surface area contributed by atoms with Gasteiger partial charge in [0.05, 0.1) is 12.1 Å². The number of halogens is 1. The highest BCUT2D eigenvalue weighted by atomic mass is 35.5. The Balaban J connectivity index is 2.86. The molecule has 2 amide bonds. The molecule has 0 saturated heterocycles. The highest BCUT2D eigenvalue weighted by Gasteiger charge is 2.14. The number of amides is 2. The summed E-state index contributed by atoms with van der Waals surface area (Å²) in [5, 5.41) is 2.86. The number of carbonyl (C=O) groups excluding carboxylic acids is 2. The van der Waals surface area contributed by atoms with Gasteiger partial charge in [-0.15, -0.1) is 0 Å². The normalized spacial score (nSPS) is 11.7. The standard InChI is InChI=1S/C11H13ClN2O3/c1-6(10(13)15)14-11(16)7-3-4-8(12)9(5-7)17-2/h3-6H,1-2H3,(H2,13,15)(H,14,16)/t6-/m0/s1. The van der Waals surface area contributed by atoms with Crippen LogP contribution in [0.1, 0.15) is 17.3 Å². The number of hydrogen-bond donors (Lipinski definition) is 2. The quantitative estimate of drug-likeness (QED) is 0.842. The Labute approximate surface area is 104 Å². The first-order chi connectivity index (χ1) is 7.95. The molecule has 92 valence electrons. The molecule has 0 unspecified atom stereocenters. The average molecular weight is 257 g/mol. The number of benzene rings is 1. The van der Waals surface area contributed by atoms with Crippen LogP contribution < -0.4 is 15.8 Å². The molecule has 1 atom stereocenters. The minimum atomic E-state index is -0.732. The first-order valence-electron chi connectivity index (χ1n) is 4.89. The second kappa shape index (κ2) is 5.54. The maximum atomic E-state index is 11.7. The van der Waals surface area contributed by atoms with E-state index in [1.165, 1.54) is 26.2 Å². The lowest BCUT2D eigenvalue weighted by molar-refractivity contribution is -0.119. The van der Waals surface area contributed by atoms with E-state index < -0.39 is 17.9 Å². The Hall–Kier alpha value is -1.75. The predicted molar refractivity (Wildman–Crippen MR) is 64.1 cm³/mol. The van der Waals surface area contributed by atoms with Crippen LogP contribution in [0.5, 0.6) is 5.75 Å². The number of rotatable bonds is 4. The number of methoxy groups -OCH3 is 1. The molecule has 3 N–H and O–H groups in total. The van der Waals surface area contributed by atoms with Gasteiger partial charge in [-0.1, -0.05) is 11.6 Å². The van der Waals surface area contributed by atoms with Gasteiger partial charge in [0, 0.05) is 5.56 Å². The summed E-state index contributed by atoms with van der Waals surface area (Å²) in [4.78, 5) is 22.5. The van der Waals surface area contributed by atoms with E-state index in [2.05, 4.69) is 5.32 Å². The number of ether oxygens (including phenoxy) is 1. The fraction of sp³-hybridized carbons (Fsp3) is 0.273. The molecule has 1 aromatic carbocycles. The summed E-state index contributed by atoms with van der Waals surface area (Å²) in [5.74, 6) is -0.614. The third-order valence-electron chi connectivity index (χ3n) is 2.19. The Morgan fingerprint density at radius 2 is 2.12 bits per heavy atom. The Bertz CT molecular complexity index is 448. The smallest absolute Gasteiger partial charge is 0.252 e. The van der Waals surface area contributed by atoms with Crippen LogP contribution in [-0.4, -0.2) is 25.0 Å². The second-order valence-electron chi connectivity index (χ2n) is 3.45. The molecule has 0 fully saturated rings.